The fraction of sp³-hybridized carbons (Fsp3) is 0. The summed E-state index contributed by atoms with van der Waals surface area (Å²) in [7, 11) is 0. The highest BCUT2D eigenvalue weighted by Gasteiger charge is 2.15. The Hall–Kier alpha value is -3.82. The van der Waals surface area contributed by atoms with Gasteiger partial charge in [0.2, 0.25) is 0 Å². The molecule has 10 heteroatoms. The number of phenols is 1. The summed E-state index contributed by atoms with van der Waals surface area (Å²) >= 11 is 0. The Balaban J connectivity index is 2.18. The third-order valence-electron chi connectivity index (χ3n) is 2.83. The minimum Gasteiger partial charge on any atom is -0.508 e. The molecule has 0 aromatic heterocycles. The molecule has 0 bridgehead atoms. The fourth-order valence-electron chi connectivity index (χ4n) is 1.78. The fourth-order valence-corrected chi connectivity index (χ4v) is 1.78. The Kier molecular flexibility index (Phi) is 4.80. The molecule has 0 radical (unpaired) electrons. The van der Waals surface area contributed by atoms with E-state index in [1.54, 1.807) is 0 Å². The van der Waals surface area contributed by atoms with Crippen molar-refractivity contribution < 1.29 is 19.7 Å². The number of benzene rings is 2. The van der Waals surface area contributed by atoms with Crippen LogP contribution in [0.4, 0.5) is 11.4 Å². The molecule has 0 fully saturated rings. The lowest BCUT2D eigenvalue weighted by Gasteiger charge is -2.00. The molecule has 0 atom stereocenters. The van der Waals surface area contributed by atoms with E-state index in [0.717, 1.165) is 24.4 Å². The maximum absolute atomic E-state index is 11.8. The highest BCUT2D eigenvalue weighted by molar-refractivity contribution is 5.95. The van der Waals surface area contributed by atoms with Crippen LogP contribution in [0.25, 0.3) is 0 Å². The molecule has 0 aliphatic heterocycles. The number of hydrogen-bond acceptors (Lipinski definition) is 7. The number of hydrazone groups is 1. The van der Waals surface area contributed by atoms with Crippen molar-refractivity contribution >= 4 is 23.5 Å². The number of nitrogens with zero attached hydrogens (tertiary/aromatic N) is 3. The van der Waals surface area contributed by atoms with Crippen molar-refractivity contribution in [3.05, 3.63) is 73.8 Å². The molecule has 0 aliphatic rings. The first-order chi connectivity index (χ1) is 11.4. The van der Waals surface area contributed by atoms with Crippen molar-refractivity contribution in [1.82, 2.24) is 5.43 Å². The van der Waals surface area contributed by atoms with E-state index in [9.17, 15) is 30.1 Å². The zero-order chi connectivity index (χ0) is 17.7. The number of phenolic OH excluding ortho intramolecular Hbond substituents is 1. The average Bonchev–Trinajstić information content (AvgIpc) is 2.54. The highest BCUT2D eigenvalue weighted by atomic mass is 16.6. The summed E-state index contributed by atoms with van der Waals surface area (Å²) in [5.74, 6) is -0.719. The Morgan fingerprint density at radius 3 is 2.25 bits per heavy atom. The number of aromatic hydroxyl groups is 1. The predicted octanol–water partition coefficient (Wildman–Crippen LogP) is 1.97. The van der Waals surface area contributed by atoms with E-state index in [1.807, 2.05) is 0 Å². The van der Waals surface area contributed by atoms with Gasteiger partial charge in [-0.3, -0.25) is 25.0 Å². The zero-order valence-corrected chi connectivity index (χ0v) is 11.9. The number of nitro groups is 2. The maximum Gasteiger partial charge on any atom is 0.276 e. The van der Waals surface area contributed by atoms with Crippen LogP contribution in [-0.4, -0.2) is 27.1 Å². The molecule has 2 aromatic carbocycles. The molecule has 0 heterocycles. The molecule has 1 amide bonds. The molecule has 2 aromatic rings. The van der Waals surface area contributed by atoms with Gasteiger partial charge in [0.05, 0.1) is 22.1 Å². The van der Waals surface area contributed by atoms with Crippen LogP contribution in [-0.2, 0) is 0 Å². The summed E-state index contributed by atoms with van der Waals surface area (Å²) in [6.45, 7) is 0. The second-order valence-corrected chi connectivity index (χ2v) is 4.55. The second kappa shape index (κ2) is 6.96. The maximum atomic E-state index is 11.8. The second-order valence-electron chi connectivity index (χ2n) is 4.55. The van der Waals surface area contributed by atoms with E-state index in [1.165, 1.54) is 24.3 Å². The molecule has 10 nitrogen and oxygen atoms in total. The third-order valence-corrected chi connectivity index (χ3v) is 2.83. The number of carbonyl (C=O) groups is 1. The predicted molar refractivity (Wildman–Crippen MR) is 82.9 cm³/mol. The Morgan fingerprint density at radius 1 is 1.08 bits per heavy atom. The minimum absolute atomic E-state index is 0.0760. The lowest BCUT2D eigenvalue weighted by Crippen LogP contribution is -2.17. The van der Waals surface area contributed by atoms with Gasteiger partial charge >= 0.3 is 0 Å². The zero-order valence-electron chi connectivity index (χ0n) is 11.9. The lowest BCUT2D eigenvalue weighted by molar-refractivity contribution is -0.394. The number of nitro benzene ring substituents is 2. The van der Waals surface area contributed by atoms with Gasteiger partial charge in [0.1, 0.15) is 5.75 Å². The Morgan fingerprint density at radius 2 is 1.71 bits per heavy atom. The number of rotatable bonds is 5. The topological polar surface area (TPSA) is 148 Å². The van der Waals surface area contributed by atoms with Gasteiger partial charge in [-0.15, -0.1) is 0 Å². The quantitative estimate of drug-likeness (QED) is 0.486. The van der Waals surface area contributed by atoms with Gasteiger partial charge in [-0.2, -0.15) is 5.10 Å². The van der Waals surface area contributed by atoms with E-state index in [-0.39, 0.29) is 16.9 Å². The van der Waals surface area contributed by atoms with Crippen LogP contribution in [0.15, 0.2) is 47.6 Å². The lowest BCUT2D eigenvalue weighted by atomic mass is 10.2. The summed E-state index contributed by atoms with van der Waals surface area (Å²) in [5.41, 5.74) is 1.44. The average molecular weight is 330 g/mol. The molecule has 122 valence electrons. The molecule has 0 spiro atoms. The van der Waals surface area contributed by atoms with Gasteiger partial charge in [0.25, 0.3) is 17.3 Å². The number of carbonyl (C=O) groups excluding carboxylic acids is 1. The van der Waals surface area contributed by atoms with Gasteiger partial charge in [0.15, 0.2) is 0 Å². The first-order valence-corrected chi connectivity index (χ1v) is 6.43. The number of non-ortho nitro benzene ring substituents is 2. The van der Waals surface area contributed by atoms with Crippen molar-refractivity contribution in [2.45, 2.75) is 0 Å². The summed E-state index contributed by atoms with van der Waals surface area (Å²) in [4.78, 5) is 31.8. The van der Waals surface area contributed by atoms with Crippen LogP contribution in [0.3, 0.4) is 0 Å². The van der Waals surface area contributed by atoms with Crippen molar-refractivity contribution in [2.24, 2.45) is 5.10 Å². The van der Waals surface area contributed by atoms with Crippen molar-refractivity contribution in [3.8, 4) is 5.75 Å². The summed E-state index contributed by atoms with van der Waals surface area (Å²) in [6.07, 6.45) is 1.04. The summed E-state index contributed by atoms with van der Waals surface area (Å²) < 4.78 is 0. The first-order valence-electron chi connectivity index (χ1n) is 6.43. The molecule has 0 unspecified atom stereocenters. The molecule has 2 rings (SSSR count). The molecule has 24 heavy (non-hydrogen) atoms. The Bertz CT molecular complexity index is 817. The van der Waals surface area contributed by atoms with Gasteiger partial charge in [-0.05, 0) is 18.2 Å². The SMILES string of the molecule is O=C(N/N=C/c1cc([N+](=O)[O-])cc([N+](=O)[O-])c1)c1cccc(O)c1. The molecular weight excluding hydrogens is 320 g/mol. The standard InChI is InChI=1S/C14H10N4O6/c19-13-3-1-2-10(6-13)14(20)16-15-8-9-4-11(17(21)22)7-12(5-9)18(23)24/h1-8,19H,(H,16,20)/b15-8+. The molecular formula is C14H10N4O6. The van der Waals surface area contributed by atoms with E-state index in [0.29, 0.717) is 0 Å². The summed E-state index contributed by atoms with van der Waals surface area (Å²) in [5, 5.41) is 34.4. The van der Waals surface area contributed by atoms with Crippen LogP contribution >= 0.6 is 0 Å². The normalized spacial score (nSPS) is 10.5. The van der Waals surface area contributed by atoms with Crippen LogP contribution < -0.4 is 5.43 Å². The monoisotopic (exact) mass is 330 g/mol. The molecule has 0 saturated carbocycles. The van der Waals surface area contributed by atoms with E-state index < -0.39 is 27.1 Å². The minimum atomic E-state index is -0.768. The Labute approximate surface area is 134 Å². The van der Waals surface area contributed by atoms with Crippen LogP contribution in [0.5, 0.6) is 5.75 Å². The largest absolute Gasteiger partial charge is 0.508 e. The van der Waals surface area contributed by atoms with E-state index >= 15 is 0 Å². The highest BCUT2D eigenvalue weighted by Crippen LogP contribution is 2.21. The first kappa shape index (κ1) is 16.5. The van der Waals surface area contributed by atoms with E-state index in [4.69, 9.17) is 0 Å². The van der Waals surface area contributed by atoms with Gasteiger partial charge in [0, 0.05) is 23.3 Å². The van der Waals surface area contributed by atoms with Crippen LogP contribution in [0.1, 0.15) is 15.9 Å². The third kappa shape index (κ3) is 4.10. The van der Waals surface area contributed by atoms with Crippen LogP contribution in [0, 0.1) is 20.2 Å². The van der Waals surface area contributed by atoms with Gasteiger partial charge < -0.3 is 5.11 Å². The van der Waals surface area contributed by atoms with Gasteiger partial charge in [-0.25, -0.2) is 5.43 Å². The number of amides is 1. The van der Waals surface area contributed by atoms with Crippen molar-refractivity contribution in [2.75, 3.05) is 0 Å². The molecule has 2 N–H and O–H groups in total. The number of hydrogen-bond donors (Lipinski definition) is 2. The van der Waals surface area contributed by atoms with Crippen molar-refractivity contribution in [3.63, 3.8) is 0 Å². The summed E-state index contributed by atoms with van der Waals surface area (Å²) in [6, 6.07) is 8.52. The van der Waals surface area contributed by atoms with Crippen LogP contribution in [0.2, 0.25) is 0 Å². The van der Waals surface area contributed by atoms with Gasteiger partial charge in [-0.1, -0.05) is 6.07 Å². The number of nitrogens with one attached hydrogen (secondary N) is 1. The molecule has 0 saturated heterocycles. The van der Waals surface area contributed by atoms with E-state index in [2.05, 4.69) is 10.5 Å². The smallest absolute Gasteiger partial charge is 0.276 e. The van der Waals surface area contributed by atoms with Crippen molar-refractivity contribution in [1.29, 1.82) is 0 Å². The molecule has 0 aliphatic carbocycles.